The van der Waals surface area contributed by atoms with Gasteiger partial charge in [-0.25, -0.2) is 0 Å². The lowest BCUT2D eigenvalue weighted by molar-refractivity contribution is 0.0602. The van der Waals surface area contributed by atoms with E-state index in [-0.39, 0.29) is 11.2 Å². The Bertz CT molecular complexity index is 1480. The summed E-state index contributed by atoms with van der Waals surface area (Å²) in [7, 11) is 0. The molecule has 3 fully saturated rings. The van der Waals surface area contributed by atoms with Gasteiger partial charge in [-0.3, -0.25) is 4.79 Å². The van der Waals surface area contributed by atoms with Crippen LogP contribution in [0.1, 0.15) is 76.8 Å². The Labute approximate surface area is 222 Å². The summed E-state index contributed by atoms with van der Waals surface area (Å²) >= 11 is 0. The first-order chi connectivity index (χ1) is 18.6. The molecule has 0 radical (unpaired) electrons. The summed E-state index contributed by atoms with van der Waals surface area (Å²) in [5.74, 6) is -0.0169. The maximum Gasteiger partial charge on any atom is 0.195 e. The molecule has 4 aliphatic rings. The van der Waals surface area contributed by atoms with Crippen molar-refractivity contribution in [1.29, 1.82) is 10.7 Å². The second kappa shape index (κ2) is 9.07. The molecule has 3 saturated heterocycles. The highest BCUT2D eigenvalue weighted by molar-refractivity contribution is 6.20. The fourth-order valence-corrected chi connectivity index (χ4v) is 7.51. The third-order valence-electron chi connectivity index (χ3n) is 9.52. The number of hydrogen-bond acceptors (Lipinski definition) is 6. The Morgan fingerprint density at radius 3 is 2.55 bits per heavy atom. The minimum Gasteiger partial charge on any atom is -0.381 e. The largest absolute Gasteiger partial charge is 0.381 e. The summed E-state index contributed by atoms with van der Waals surface area (Å²) in [5.41, 5.74) is 6.26. The number of likely N-dealkylation sites (tertiary alicyclic amines) is 1. The van der Waals surface area contributed by atoms with Crippen LogP contribution in [0.4, 0.5) is 5.69 Å². The van der Waals surface area contributed by atoms with Crippen molar-refractivity contribution in [2.75, 3.05) is 44.3 Å². The first-order valence-corrected chi connectivity index (χ1v) is 14.0. The highest BCUT2D eigenvalue weighted by Crippen LogP contribution is 2.51. The average Bonchev–Trinajstić information content (AvgIpc) is 3.65. The number of anilines is 1. The Balaban J connectivity index is 1.34. The molecule has 7 rings (SSSR count). The topological polar surface area (TPSA) is 96.2 Å². The van der Waals surface area contributed by atoms with Gasteiger partial charge in [0.25, 0.3) is 0 Å². The average molecular weight is 508 g/mol. The summed E-state index contributed by atoms with van der Waals surface area (Å²) in [5, 5.41) is 18.8. The fourth-order valence-electron chi connectivity index (χ4n) is 7.51. The lowest BCUT2D eigenvalue weighted by Crippen LogP contribution is -2.44. The molecule has 3 aliphatic heterocycles. The number of nitriles is 1. The Kier molecular flexibility index (Phi) is 5.64. The van der Waals surface area contributed by atoms with Crippen LogP contribution in [-0.4, -0.2) is 67.3 Å². The number of nitrogens with one attached hydrogen (secondary N) is 2. The van der Waals surface area contributed by atoms with E-state index in [1.165, 1.54) is 32.1 Å². The van der Waals surface area contributed by atoms with E-state index >= 15 is 0 Å². The van der Waals surface area contributed by atoms with Crippen molar-refractivity contribution >= 4 is 28.6 Å². The van der Waals surface area contributed by atoms with Gasteiger partial charge in [0.05, 0.1) is 16.8 Å². The number of hydrogen-bond donors (Lipinski definition) is 2. The summed E-state index contributed by atoms with van der Waals surface area (Å²) in [4.78, 5) is 22.7. The Morgan fingerprint density at radius 2 is 1.84 bits per heavy atom. The number of H-pyrrole nitrogens is 1. The Morgan fingerprint density at radius 1 is 1.08 bits per heavy atom. The van der Waals surface area contributed by atoms with Crippen molar-refractivity contribution in [1.82, 2.24) is 9.88 Å². The molecule has 7 nitrogen and oxygen atoms in total. The van der Waals surface area contributed by atoms with Gasteiger partial charge in [0, 0.05) is 66.1 Å². The van der Waals surface area contributed by atoms with E-state index in [0.717, 1.165) is 72.2 Å². The summed E-state index contributed by atoms with van der Waals surface area (Å²) in [6, 6.07) is 12.9. The SMILES string of the molecule is N#Cc1cc2c(cc1N1CCC(N3CCCC3)CC1)C1(CCOCC1)c1[nH]c3cc(C=N)ccc3c1C2=O. The number of carbonyl (C=O) groups excluding carboxylic acids is 1. The lowest BCUT2D eigenvalue weighted by atomic mass is 9.64. The van der Waals surface area contributed by atoms with Crippen LogP contribution in [0.2, 0.25) is 0 Å². The van der Waals surface area contributed by atoms with Gasteiger partial charge in [-0.1, -0.05) is 12.1 Å². The molecule has 1 spiro atoms. The van der Waals surface area contributed by atoms with E-state index < -0.39 is 0 Å². The first-order valence-electron chi connectivity index (χ1n) is 14.0. The molecule has 0 bridgehead atoms. The molecule has 4 heterocycles. The lowest BCUT2D eigenvalue weighted by Gasteiger charge is -2.43. The molecule has 0 amide bonds. The van der Waals surface area contributed by atoms with E-state index in [2.05, 4.69) is 26.9 Å². The highest BCUT2D eigenvalue weighted by atomic mass is 16.5. The predicted molar refractivity (Wildman–Crippen MR) is 148 cm³/mol. The van der Waals surface area contributed by atoms with E-state index in [1.807, 2.05) is 24.3 Å². The van der Waals surface area contributed by atoms with Gasteiger partial charge in [0.1, 0.15) is 6.07 Å². The van der Waals surface area contributed by atoms with Crippen LogP contribution in [0.15, 0.2) is 30.3 Å². The molecular weight excluding hydrogens is 474 g/mol. The zero-order valence-electron chi connectivity index (χ0n) is 21.7. The van der Waals surface area contributed by atoms with Crippen LogP contribution in [0, 0.1) is 16.7 Å². The van der Waals surface area contributed by atoms with Crippen molar-refractivity contribution in [2.24, 2.45) is 0 Å². The standard InChI is InChI=1S/C31H33N5O2/c32-18-20-3-4-23-26(15-20)34-30-28(23)29(37)24-16-21(19-33)27(17-25(24)31(30)7-13-38-14-8-31)36-11-5-22(6-12-36)35-9-1-2-10-35/h3-4,15-18,22,32,34H,1-2,5-14H2. The number of benzene rings is 2. The first kappa shape index (κ1) is 23.6. The molecule has 0 atom stereocenters. The highest BCUT2D eigenvalue weighted by Gasteiger charge is 2.47. The quantitative estimate of drug-likeness (QED) is 0.499. The van der Waals surface area contributed by atoms with Crippen LogP contribution >= 0.6 is 0 Å². The van der Waals surface area contributed by atoms with E-state index in [0.29, 0.717) is 35.9 Å². The molecule has 0 saturated carbocycles. The van der Waals surface area contributed by atoms with Gasteiger partial charge < -0.3 is 24.9 Å². The number of aromatic amines is 1. The summed E-state index contributed by atoms with van der Waals surface area (Å²) in [6.45, 7) is 5.56. The van der Waals surface area contributed by atoms with Crippen molar-refractivity contribution in [2.45, 2.75) is 50.0 Å². The fraction of sp³-hybridized carbons (Fsp3) is 0.452. The van der Waals surface area contributed by atoms with Crippen molar-refractivity contribution in [3.63, 3.8) is 0 Å². The minimum atomic E-state index is -0.364. The van der Waals surface area contributed by atoms with Crippen molar-refractivity contribution < 1.29 is 9.53 Å². The van der Waals surface area contributed by atoms with Crippen molar-refractivity contribution in [3.8, 4) is 6.07 Å². The second-order valence-corrected chi connectivity index (χ2v) is 11.3. The number of ether oxygens (including phenoxy) is 1. The minimum absolute atomic E-state index is 0.0169. The third kappa shape index (κ3) is 3.47. The zero-order valence-corrected chi connectivity index (χ0v) is 21.7. The maximum absolute atomic E-state index is 14.1. The molecule has 2 N–H and O–H groups in total. The van der Waals surface area contributed by atoms with Crippen LogP contribution in [-0.2, 0) is 10.2 Å². The summed E-state index contributed by atoms with van der Waals surface area (Å²) < 4.78 is 5.82. The number of piperidine rings is 1. The normalized spacial score (nSPS) is 21.4. The van der Waals surface area contributed by atoms with Gasteiger partial charge in [-0.05, 0) is 80.9 Å². The molecular formula is C31H33N5O2. The molecule has 7 heteroatoms. The van der Waals surface area contributed by atoms with Gasteiger partial charge in [-0.2, -0.15) is 5.26 Å². The van der Waals surface area contributed by atoms with Gasteiger partial charge in [0.2, 0.25) is 0 Å². The third-order valence-corrected chi connectivity index (χ3v) is 9.52. The second-order valence-electron chi connectivity index (χ2n) is 11.3. The van der Waals surface area contributed by atoms with Gasteiger partial charge in [0.15, 0.2) is 5.78 Å². The number of rotatable bonds is 3. The molecule has 2 aromatic carbocycles. The number of fused-ring (bicyclic) bond motifs is 6. The van der Waals surface area contributed by atoms with Gasteiger partial charge >= 0.3 is 0 Å². The maximum atomic E-state index is 14.1. The van der Waals surface area contributed by atoms with Gasteiger partial charge in [-0.15, -0.1) is 0 Å². The number of nitrogens with zero attached hydrogens (tertiary/aromatic N) is 3. The molecule has 0 unspecified atom stereocenters. The van der Waals surface area contributed by atoms with Crippen LogP contribution in [0.3, 0.4) is 0 Å². The molecule has 38 heavy (non-hydrogen) atoms. The van der Waals surface area contributed by atoms with E-state index in [9.17, 15) is 10.1 Å². The van der Waals surface area contributed by atoms with Crippen LogP contribution < -0.4 is 4.90 Å². The number of aromatic nitrogens is 1. The van der Waals surface area contributed by atoms with Crippen LogP contribution in [0.5, 0.6) is 0 Å². The zero-order chi connectivity index (χ0) is 25.9. The molecule has 194 valence electrons. The number of carbonyl (C=O) groups is 1. The van der Waals surface area contributed by atoms with E-state index in [1.54, 1.807) is 0 Å². The summed E-state index contributed by atoms with van der Waals surface area (Å²) in [6.07, 6.45) is 7.74. The predicted octanol–water partition coefficient (Wildman–Crippen LogP) is 4.74. The Hall–Kier alpha value is -3.47. The molecule has 3 aromatic rings. The van der Waals surface area contributed by atoms with Crippen molar-refractivity contribution in [3.05, 3.63) is 63.8 Å². The van der Waals surface area contributed by atoms with Crippen LogP contribution in [0.25, 0.3) is 10.9 Å². The van der Waals surface area contributed by atoms with E-state index in [4.69, 9.17) is 10.1 Å². The number of ketones is 1. The monoisotopic (exact) mass is 507 g/mol. The smallest absolute Gasteiger partial charge is 0.195 e. The molecule has 1 aliphatic carbocycles. The molecule has 1 aromatic heterocycles.